The van der Waals surface area contributed by atoms with Gasteiger partial charge in [0.25, 0.3) is 0 Å². The van der Waals surface area contributed by atoms with E-state index in [2.05, 4.69) is 9.97 Å². The first-order valence-corrected chi connectivity index (χ1v) is 3.37. The van der Waals surface area contributed by atoms with E-state index in [-0.39, 0.29) is 11.6 Å². The van der Waals surface area contributed by atoms with Crippen LogP contribution in [0.1, 0.15) is 0 Å². The summed E-state index contributed by atoms with van der Waals surface area (Å²) in [6, 6.07) is 2.51. The number of nitrogen functional groups attached to an aromatic ring is 2. The van der Waals surface area contributed by atoms with E-state index in [4.69, 9.17) is 11.5 Å². The molecule has 0 atom stereocenters. The van der Waals surface area contributed by atoms with Crippen molar-refractivity contribution in [2.75, 3.05) is 11.5 Å². The first-order chi connectivity index (χ1) is 5.66. The van der Waals surface area contributed by atoms with Crippen molar-refractivity contribution in [2.24, 2.45) is 0 Å². The molecule has 0 aliphatic heterocycles. The summed E-state index contributed by atoms with van der Waals surface area (Å²) in [6.45, 7) is 0. The van der Waals surface area contributed by atoms with Gasteiger partial charge in [-0.1, -0.05) is 0 Å². The van der Waals surface area contributed by atoms with Gasteiger partial charge in [-0.05, 0) is 12.1 Å². The van der Waals surface area contributed by atoms with E-state index in [1.54, 1.807) is 0 Å². The average molecular weight is 166 g/mol. The number of rotatable bonds is 0. The molecular weight excluding hydrogens is 159 g/mol. The largest absolute Gasteiger partial charge is 0.397 e. The molecular formula is C7H7FN4. The minimum Gasteiger partial charge on any atom is -0.397 e. The highest BCUT2D eigenvalue weighted by molar-refractivity contribution is 5.88. The molecule has 0 saturated carbocycles. The summed E-state index contributed by atoms with van der Waals surface area (Å²) in [7, 11) is 0. The fraction of sp³-hybridized carbons (Fsp3) is 0. The lowest BCUT2D eigenvalue weighted by Gasteiger charge is -1.93. The van der Waals surface area contributed by atoms with Gasteiger partial charge in [-0.3, -0.25) is 0 Å². The van der Waals surface area contributed by atoms with E-state index in [0.29, 0.717) is 11.0 Å². The van der Waals surface area contributed by atoms with Gasteiger partial charge in [0.05, 0.1) is 11.2 Å². The average Bonchev–Trinajstić information content (AvgIpc) is 2.29. The molecule has 0 amide bonds. The quantitative estimate of drug-likeness (QED) is 0.508. The van der Waals surface area contributed by atoms with Gasteiger partial charge >= 0.3 is 0 Å². The number of nitrogens with one attached hydrogen (secondary N) is 1. The lowest BCUT2D eigenvalue weighted by molar-refractivity contribution is 0.630. The van der Waals surface area contributed by atoms with Gasteiger partial charge in [0.2, 0.25) is 0 Å². The van der Waals surface area contributed by atoms with Crippen molar-refractivity contribution >= 4 is 22.7 Å². The zero-order valence-corrected chi connectivity index (χ0v) is 6.13. The van der Waals surface area contributed by atoms with Crippen molar-refractivity contribution in [3.8, 4) is 0 Å². The van der Waals surface area contributed by atoms with E-state index >= 15 is 0 Å². The maximum atomic E-state index is 12.7. The van der Waals surface area contributed by atoms with E-state index < -0.39 is 5.82 Å². The second kappa shape index (κ2) is 2.10. The standard InChI is InChI=1S/C7H7FN4/c8-3-1-4(9)6-5(2-3)11-7(10)12-6/h1-2H,9H2,(H3,10,11,12). The number of H-pyrrole nitrogens is 1. The van der Waals surface area contributed by atoms with E-state index in [9.17, 15) is 4.39 Å². The van der Waals surface area contributed by atoms with Crippen molar-refractivity contribution in [2.45, 2.75) is 0 Å². The summed E-state index contributed by atoms with van der Waals surface area (Å²) in [4.78, 5) is 6.57. The van der Waals surface area contributed by atoms with Crippen LogP contribution < -0.4 is 11.5 Å². The Hall–Kier alpha value is -1.78. The van der Waals surface area contributed by atoms with Crippen molar-refractivity contribution in [3.63, 3.8) is 0 Å². The van der Waals surface area contributed by atoms with Crippen LogP contribution in [0.5, 0.6) is 0 Å². The number of aromatic nitrogens is 2. The number of aromatic amines is 1. The van der Waals surface area contributed by atoms with Crippen molar-refractivity contribution in [3.05, 3.63) is 17.9 Å². The summed E-state index contributed by atoms with van der Waals surface area (Å²) in [5.74, 6) is -0.161. The number of benzene rings is 1. The number of nitrogens with two attached hydrogens (primary N) is 2. The number of hydrogen-bond acceptors (Lipinski definition) is 3. The zero-order chi connectivity index (χ0) is 8.72. The molecule has 2 aromatic rings. The van der Waals surface area contributed by atoms with Gasteiger partial charge in [0.1, 0.15) is 11.3 Å². The SMILES string of the molecule is Nc1nc2c(N)cc(F)cc2[nH]1. The molecule has 5 N–H and O–H groups in total. The Morgan fingerprint density at radius 3 is 2.83 bits per heavy atom. The van der Waals surface area contributed by atoms with Gasteiger partial charge in [-0.25, -0.2) is 9.37 Å². The molecule has 1 heterocycles. The number of fused-ring (bicyclic) bond motifs is 1. The van der Waals surface area contributed by atoms with Crippen LogP contribution in [0.25, 0.3) is 11.0 Å². The first-order valence-electron chi connectivity index (χ1n) is 3.37. The molecule has 0 aliphatic rings. The van der Waals surface area contributed by atoms with Crippen LogP contribution >= 0.6 is 0 Å². The first kappa shape index (κ1) is 6.90. The lowest BCUT2D eigenvalue weighted by Crippen LogP contribution is -1.88. The number of imidazole rings is 1. The molecule has 5 heteroatoms. The molecule has 0 aliphatic carbocycles. The molecule has 0 spiro atoms. The third-order valence-electron chi connectivity index (χ3n) is 1.60. The Morgan fingerprint density at radius 2 is 2.08 bits per heavy atom. The maximum Gasteiger partial charge on any atom is 0.198 e. The number of anilines is 2. The Kier molecular flexibility index (Phi) is 1.21. The third-order valence-corrected chi connectivity index (χ3v) is 1.60. The van der Waals surface area contributed by atoms with Crippen LogP contribution in [0.2, 0.25) is 0 Å². The van der Waals surface area contributed by atoms with Crippen molar-refractivity contribution in [1.29, 1.82) is 0 Å². The van der Waals surface area contributed by atoms with E-state index in [0.717, 1.165) is 0 Å². The smallest absolute Gasteiger partial charge is 0.198 e. The van der Waals surface area contributed by atoms with Gasteiger partial charge in [-0.2, -0.15) is 0 Å². The molecule has 0 radical (unpaired) electrons. The number of hydrogen-bond donors (Lipinski definition) is 3. The molecule has 62 valence electrons. The van der Waals surface area contributed by atoms with Crippen LogP contribution in [0.15, 0.2) is 12.1 Å². The summed E-state index contributed by atoms with van der Waals surface area (Å²) in [5.41, 5.74) is 12.2. The Labute approximate surface area is 67.4 Å². The molecule has 0 bridgehead atoms. The van der Waals surface area contributed by atoms with Crippen LogP contribution in [0.3, 0.4) is 0 Å². The molecule has 0 saturated heterocycles. The van der Waals surface area contributed by atoms with Crippen LogP contribution in [-0.4, -0.2) is 9.97 Å². The highest BCUT2D eigenvalue weighted by Gasteiger charge is 2.04. The Balaban J connectivity index is 2.88. The van der Waals surface area contributed by atoms with Crippen LogP contribution in [0.4, 0.5) is 16.0 Å². The minimum absolute atomic E-state index is 0.238. The zero-order valence-electron chi connectivity index (χ0n) is 6.13. The monoisotopic (exact) mass is 166 g/mol. The molecule has 0 fully saturated rings. The van der Waals surface area contributed by atoms with Gasteiger partial charge in [0.15, 0.2) is 5.95 Å². The second-order valence-electron chi connectivity index (χ2n) is 2.51. The minimum atomic E-state index is -0.399. The Bertz CT molecular complexity index is 434. The Morgan fingerprint density at radius 1 is 1.33 bits per heavy atom. The highest BCUT2D eigenvalue weighted by Crippen LogP contribution is 2.20. The predicted octanol–water partition coefficient (Wildman–Crippen LogP) is 0.866. The lowest BCUT2D eigenvalue weighted by atomic mass is 10.2. The van der Waals surface area contributed by atoms with E-state index in [1.807, 2.05) is 0 Å². The number of halogens is 1. The van der Waals surface area contributed by atoms with E-state index in [1.165, 1.54) is 12.1 Å². The molecule has 1 aromatic heterocycles. The molecule has 4 nitrogen and oxygen atoms in total. The summed E-state index contributed by atoms with van der Waals surface area (Å²) >= 11 is 0. The molecule has 12 heavy (non-hydrogen) atoms. The summed E-state index contributed by atoms with van der Waals surface area (Å²) in [5, 5.41) is 0. The predicted molar refractivity (Wildman–Crippen MR) is 44.9 cm³/mol. The fourth-order valence-electron chi connectivity index (χ4n) is 1.13. The van der Waals surface area contributed by atoms with Gasteiger partial charge < -0.3 is 16.5 Å². The highest BCUT2D eigenvalue weighted by atomic mass is 19.1. The maximum absolute atomic E-state index is 12.7. The molecule has 0 unspecified atom stereocenters. The second-order valence-corrected chi connectivity index (χ2v) is 2.51. The topological polar surface area (TPSA) is 80.7 Å². The van der Waals surface area contributed by atoms with Crippen LogP contribution in [0, 0.1) is 5.82 Å². The van der Waals surface area contributed by atoms with Gasteiger partial charge in [-0.15, -0.1) is 0 Å². The third kappa shape index (κ3) is 0.868. The van der Waals surface area contributed by atoms with Crippen molar-refractivity contribution in [1.82, 2.24) is 9.97 Å². The van der Waals surface area contributed by atoms with Crippen LogP contribution in [-0.2, 0) is 0 Å². The molecule has 2 rings (SSSR count). The fourth-order valence-corrected chi connectivity index (χ4v) is 1.13. The molecule has 1 aromatic carbocycles. The number of nitrogens with zero attached hydrogens (tertiary/aromatic N) is 1. The normalized spacial score (nSPS) is 10.8. The van der Waals surface area contributed by atoms with Crippen molar-refractivity contribution < 1.29 is 4.39 Å². The summed E-state index contributed by atoms with van der Waals surface area (Å²) < 4.78 is 12.7. The van der Waals surface area contributed by atoms with Gasteiger partial charge in [0, 0.05) is 0 Å². The summed E-state index contributed by atoms with van der Waals surface area (Å²) in [6.07, 6.45) is 0.